The van der Waals surface area contributed by atoms with Crippen LogP contribution in [0.25, 0.3) is 0 Å². The van der Waals surface area contributed by atoms with E-state index in [1.807, 2.05) is 24.3 Å². The summed E-state index contributed by atoms with van der Waals surface area (Å²) in [5.74, 6) is 3.03. The molecule has 0 atom stereocenters. The Labute approximate surface area is 161 Å². The minimum atomic E-state index is -0.0138. The van der Waals surface area contributed by atoms with Gasteiger partial charge in [-0.2, -0.15) is 0 Å². The number of piperazine rings is 1. The first-order valence-electron chi connectivity index (χ1n) is 10.7. The molecule has 5 aliphatic rings. The Bertz CT molecular complexity index is 711. The van der Waals surface area contributed by atoms with Gasteiger partial charge in [-0.15, -0.1) is 0 Å². The second kappa shape index (κ2) is 6.35. The summed E-state index contributed by atoms with van der Waals surface area (Å²) in [5.41, 5.74) is 1.90. The van der Waals surface area contributed by atoms with Gasteiger partial charge in [-0.05, 0) is 87.5 Å². The van der Waals surface area contributed by atoms with Crippen LogP contribution in [0.3, 0.4) is 0 Å². The Morgan fingerprint density at radius 2 is 1.37 bits per heavy atom. The monoisotopic (exact) mass is 366 g/mol. The maximum absolute atomic E-state index is 13.5. The van der Waals surface area contributed by atoms with Crippen molar-refractivity contribution in [3.63, 3.8) is 0 Å². The topological polar surface area (TPSA) is 40.6 Å². The van der Waals surface area contributed by atoms with E-state index in [1.54, 1.807) is 6.92 Å². The molecule has 0 radical (unpaired) electrons. The first-order valence-corrected chi connectivity index (χ1v) is 10.7. The summed E-state index contributed by atoms with van der Waals surface area (Å²) in [6.45, 7) is 5.03. The number of hydrogen-bond acceptors (Lipinski definition) is 3. The first-order chi connectivity index (χ1) is 13.0. The fraction of sp³-hybridized carbons (Fsp3) is 0.652. The highest BCUT2D eigenvalue weighted by atomic mass is 16.2. The largest absolute Gasteiger partial charge is 0.368 e. The maximum Gasteiger partial charge on any atom is 0.228 e. The normalized spacial score (nSPS) is 34.8. The summed E-state index contributed by atoms with van der Waals surface area (Å²) in [5, 5.41) is 0. The Hall–Kier alpha value is -1.84. The summed E-state index contributed by atoms with van der Waals surface area (Å²) in [6.07, 6.45) is 7.63. The number of amides is 1. The molecule has 4 nitrogen and oxygen atoms in total. The predicted octanol–water partition coefficient (Wildman–Crippen LogP) is 3.75. The number of ketones is 1. The van der Waals surface area contributed by atoms with Gasteiger partial charge >= 0.3 is 0 Å². The first kappa shape index (κ1) is 17.3. The predicted molar refractivity (Wildman–Crippen MR) is 106 cm³/mol. The summed E-state index contributed by atoms with van der Waals surface area (Å²) >= 11 is 0. The van der Waals surface area contributed by atoms with E-state index in [0.717, 1.165) is 74.4 Å². The van der Waals surface area contributed by atoms with Crippen LogP contribution >= 0.6 is 0 Å². The van der Waals surface area contributed by atoms with Gasteiger partial charge in [0.2, 0.25) is 5.91 Å². The minimum Gasteiger partial charge on any atom is -0.368 e. The van der Waals surface area contributed by atoms with Crippen LogP contribution in [-0.4, -0.2) is 42.8 Å². The van der Waals surface area contributed by atoms with Crippen LogP contribution in [0, 0.1) is 23.2 Å². The molecule has 1 aromatic carbocycles. The number of rotatable bonds is 3. The van der Waals surface area contributed by atoms with Crippen molar-refractivity contribution in [3.05, 3.63) is 29.8 Å². The molecule has 0 spiro atoms. The molecular weight excluding hydrogens is 336 g/mol. The van der Waals surface area contributed by atoms with Gasteiger partial charge in [0.25, 0.3) is 0 Å². The Morgan fingerprint density at radius 3 is 1.85 bits per heavy atom. The second-order valence-electron chi connectivity index (χ2n) is 9.58. The van der Waals surface area contributed by atoms with Crippen LogP contribution in [0.4, 0.5) is 5.69 Å². The molecule has 0 aromatic heterocycles. The van der Waals surface area contributed by atoms with Crippen LogP contribution in [0.15, 0.2) is 24.3 Å². The van der Waals surface area contributed by atoms with Crippen molar-refractivity contribution >= 4 is 17.4 Å². The van der Waals surface area contributed by atoms with E-state index >= 15 is 0 Å². The third-order valence-corrected chi connectivity index (χ3v) is 7.70. The lowest BCUT2D eigenvalue weighted by atomic mass is 9.49. The molecule has 1 saturated heterocycles. The molecule has 5 fully saturated rings. The zero-order chi connectivity index (χ0) is 18.6. The number of hydrogen-bond donors (Lipinski definition) is 0. The number of carbonyl (C=O) groups excluding carboxylic acids is 2. The van der Waals surface area contributed by atoms with Gasteiger partial charge in [-0.25, -0.2) is 0 Å². The van der Waals surface area contributed by atoms with E-state index in [1.165, 1.54) is 19.3 Å². The second-order valence-corrected chi connectivity index (χ2v) is 9.58. The standard InChI is InChI=1S/C23H30N2O2/c1-16(26)20-2-4-21(5-3-20)24-6-8-25(9-7-24)22(27)23-13-17-10-18(14-23)12-19(11-17)15-23/h2-5,17-19H,6-15H2,1H3. The molecule has 1 aromatic rings. The summed E-state index contributed by atoms with van der Waals surface area (Å²) in [7, 11) is 0. The quantitative estimate of drug-likeness (QED) is 0.765. The molecule has 0 N–H and O–H groups in total. The smallest absolute Gasteiger partial charge is 0.228 e. The van der Waals surface area contributed by atoms with Crippen LogP contribution in [0.5, 0.6) is 0 Å². The van der Waals surface area contributed by atoms with Gasteiger partial charge in [0.1, 0.15) is 0 Å². The van der Waals surface area contributed by atoms with Crippen molar-refractivity contribution in [3.8, 4) is 0 Å². The van der Waals surface area contributed by atoms with Crippen molar-refractivity contribution in [2.24, 2.45) is 23.2 Å². The summed E-state index contributed by atoms with van der Waals surface area (Å²) < 4.78 is 0. The fourth-order valence-corrected chi connectivity index (χ4v) is 6.78. The number of benzene rings is 1. The maximum atomic E-state index is 13.5. The molecule has 144 valence electrons. The molecule has 4 heteroatoms. The average molecular weight is 367 g/mol. The van der Waals surface area contributed by atoms with Gasteiger partial charge < -0.3 is 9.80 Å². The highest BCUT2D eigenvalue weighted by Crippen LogP contribution is 2.60. The highest BCUT2D eigenvalue weighted by Gasteiger charge is 2.55. The van der Waals surface area contributed by atoms with Crippen LogP contribution in [0.2, 0.25) is 0 Å². The number of nitrogens with zero attached hydrogens (tertiary/aromatic N) is 2. The van der Waals surface area contributed by atoms with E-state index in [9.17, 15) is 9.59 Å². The van der Waals surface area contributed by atoms with Crippen molar-refractivity contribution in [1.29, 1.82) is 0 Å². The lowest BCUT2D eigenvalue weighted by Crippen LogP contribution is -2.58. The fourth-order valence-electron chi connectivity index (χ4n) is 6.78. The van der Waals surface area contributed by atoms with Gasteiger partial charge in [-0.3, -0.25) is 9.59 Å². The zero-order valence-electron chi connectivity index (χ0n) is 16.3. The lowest BCUT2D eigenvalue weighted by molar-refractivity contribution is -0.158. The Balaban J connectivity index is 1.24. The van der Waals surface area contributed by atoms with E-state index < -0.39 is 0 Å². The van der Waals surface area contributed by atoms with Crippen LogP contribution in [-0.2, 0) is 4.79 Å². The van der Waals surface area contributed by atoms with Gasteiger partial charge in [0, 0.05) is 37.4 Å². The van der Waals surface area contributed by atoms with Crippen molar-refractivity contribution in [2.45, 2.75) is 45.4 Å². The van der Waals surface area contributed by atoms with E-state index in [4.69, 9.17) is 0 Å². The molecule has 1 heterocycles. The molecule has 4 saturated carbocycles. The molecule has 6 rings (SSSR count). The summed E-state index contributed by atoms with van der Waals surface area (Å²) in [4.78, 5) is 29.4. The Morgan fingerprint density at radius 1 is 0.852 bits per heavy atom. The number of carbonyl (C=O) groups is 2. The number of anilines is 1. The molecule has 1 amide bonds. The molecule has 4 aliphatic carbocycles. The van der Waals surface area contributed by atoms with E-state index in [2.05, 4.69) is 9.80 Å². The highest BCUT2D eigenvalue weighted by molar-refractivity contribution is 5.94. The van der Waals surface area contributed by atoms with E-state index in [0.29, 0.717) is 5.91 Å². The van der Waals surface area contributed by atoms with Gasteiger partial charge in [0.05, 0.1) is 5.41 Å². The minimum absolute atomic E-state index is 0.0138. The molecule has 0 unspecified atom stereocenters. The van der Waals surface area contributed by atoms with E-state index in [-0.39, 0.29) is 11.2 Å². The van der Waals surface area contributed by atoms with Crippen molar-refractivity contribution in [1.82, 2.24) is 4.90 Å². The van der Waals surface area contributed by atoms with Gasteiger partial charge in [0.15, 0.2) is 5.78 Å². The average Bonchev–Trinajstić information content (AvgIpc) is 2.66. The SMILES string of the molecule is CC(=O)c1ccc(N2CCN(C(=O)C34CC5CC(CC(C5)C3)C4)CC2)cc1. The van der Waals surface area contributed by atoms with Crippen LogP contribution < -0.4 is 4.90 Å². The van der Waals surface area contributed by atoms with Crippen LogP contribution in [0.1, 0.15) is 55.8 Å². The zero-order valence-corrected chi connectivity index (χ0v) is 16.3. The molecule has 1 aliphatic heterocycles. The number of Topliss-reactive ketones (excluding diaryl/α,β-unsaturated/α-hetero) is 1. The summed E-state index contributed by atoms with van der Waals surface area (Å²) in [6, 6.07) is 7.88. The van der Waals surface area contributed by atoms with Crippen molar-refractivity contribution < 1.29 is 9.59 Å². The third-order valence-electron chi connectivity index (χ3n) is 7.70. The lowest BCUT2D eigenvalue weighted by Gasteiger charge is -2.57. The third kappa shape index (κ3) is 2.97. The molecule has 27 heavy (non-hydrogen) atoms. The molecule has 4 bridgehead atoms. The molecular formula is C23H30N2O2. The Kier molecular flexibility index (Phi) is 4.06. The van der Waals surface area contributed by atoms with Gasteiger partial charge in [-0.1, -0.05) is 0 Å². The van der Waals surface area contributed by atoms with Crippen molar-refractivity contribution in [2.75, 3.05) is 31.1 Å².